The second kappa shape index (κ2) is 5.93. The van der Waals surface area contributed by atoms with E-state index in [0.29, 0.717) is 0 Å². The van der Waals surface area contributed by atoms with E-state index in [2.05, 4.69) is 60.8 Å². The molecule has 20 heavy (non-hydrogen) atoms. The summed E-state index contributed by atoms with van der Waals surface area (Å²) in [4.78, 5) is 0. The Morgan fingerprint density at radius 1 is 1.00 bits per heavy atom. The molecule has 0 bridgehead atoms. The smallest absolute Gasteiger partial charge is 0.142 e. The topological polar surface area (TPSA) is 25.2 Å². The molecule has 0 saturated heterocycles. The summed E-state index contributed by atoms with van der Waals surface area (Å²) in [6, 6.07) is 18.8. The summed E-state index contributed by atoms with van der Waals surface area (Å²) >= 11 is 0. The maximum absolute atomic E-state index is 6.04. The third kappa shape index (κ3) is 2.61. The summed E-state index contributed by atoms with van der Waals surface area (Å²) in [7, 11) is 0. The molecule has 1 aromatic heterocycles. The zero-order valence-electron chi connectivity index (χ0n) is 11.7. The third-order valence-corrected chi connectivity index (χ3v) is 3.41. The molecule has 2 nitrogen and oxygen atoms in total. The van der Waals surface area contributed by atoms with Gasteiger partial charge in [-0.1, -0.05) is 55.5 Å². The van der Waals surface area contributed by atoms with E-state index in [-0.39, 0.29) is 0 Å². The van der Waals surface area contributed by atoms with Crippen LogP contribution in [0.2, 0.25) is 0 Å². The molecule has 0 fully saturated rings. The average Bonchev–Trinajstić information content (AvgIpc) is 2.91. The van der Waals surface area contributed by atoms with Crippen molar-refractivity contribution in [3.63, 3.8) is 0 Å². The van der Waals surface area contributed by atoms with E-state index in [1.54, 1.807) is 0 Å². The van der Waals surface area contributed by atoms with Gasteiger partial charge in [-0.25, -0.2) is 0 Å². The van der Waals surface area contributed by atoms with E-state index in [1.165, 1.54) is 10.9 Å². The second-order valence-corrected chi connectivity index (χ2v) is 4.98. The molecule has 1 heterocycles. The van der Waals surface area contributed by atoms with Crippen molar-refractivity contribution in [2.24, 2.45) is 0 Å². The van der Waals surface area contributed by atoms with E-state index < -0.39 is 0 Å². The first-order chi connectivity index (χ1) is 9.88. The fraction of sp³-hybridized carbons (Fsp3) is 0.222. The Labute approximate surface area is 119 Å². The predicted molar refractivity (Wildman–Crippen MR) is 83.6 cm³/mol. The Morgan fingerprint density at radius 3 is 2.65 bits per heavy atom. The fourth-order valence-electron chi connectivity index (χ4n) is 2.44. The molecule has 0 aliphatic carbocycles. The van der Waals surface area contributed by atoms with Crippen molar-refractivity contribution in [2.45, 2.75) is 19.9 Å². The normalized spacial score (nSPS) is 11.1. The lowest BCUT2D eigenvalue weighted by molar-refractivity contribution is 0.514. The number of furan rings is 1. The van der Waals surface area contributed by atoms with Gasteiger partial charge in [0.15, 0.2) is 0 Å². The molecule has 102 valence electrons. The van der Waals surface area contributed by atoms with E-state index >= 15 is 0 Å². The van der Waals surface area contributed by atoms with Gasteiger partial charge in [-0.2, -0.15) is 0 Å². The van der Waals surface area contributed by atoms with Gasteiger partial charge in [-0.05, 0) is 24.6 Å². The number of hydrogen-bond donors (Lipinski definition) is 1. The van der Waals surface area contributed by atoms with Crippen molar-refractivity contribution in [1.82, 2.24) is 5.32 Å². The van der Waals surface area contributed by atoms with E-state index in [4.69, 9.17) is 4.42 Å². The van der Waals surface area contributed by atoms with Crippen LogP contribution in [-0.2, 0) is 6.54 Å². The first-order valence-corrected chi connectivity index (χ1v) is 7.16. The van der Waals surface area contributed by atoms with Gasteiger partial charge in [0, 0.05) is 10.9 Å². The van der Waals surface area contributed by atoms with Gasteiger partial charge in [-0.15, -0.1) is 0 Å². The van der Waals surface area contributed by atoms with Crippen molar-refractivity contribution >= 4 is 11.0 Å². The number of rotatable bonds is 5. The number of para-hydroxylation sites is 1. The van der Waals surface area contributed by atoms with Crippen LogP contribution in [0, 0.1) is 0 Å². The SMILES string of the molecule is CCCNCc1cc2cccc(-c3ccccc3)c2o1. The number of hydrogen-bond acceptors (Lipinski definition) is 2. The fourth-order valence-corrected chi connectivity index (χ4v) is 2.44. The monoisotopic (exact) mass is 265 g/mol. The highest BCUT2D eigenvalue weighted by atomic mass is 16.3. The maximum atomic E-state index is 6.04. The van der Waals surface area contributed by atoms with Crippen molar-refractivity contribution < 1.29 is 4.42 Å². The Bertz CT molecular complexity index is 685. The van der Waals surface area contributed by atoms with Crippen LogP contribution in [0.4, 0.5) is 0 Å². The van der Waals surface area contributed by atoms with Crippen molar-refractivity contribution in [3.8, 4) is 11.1 Å². The molecular formula is C18H19NO. The van der Waals surface area contributed by atoms with E-state index in [0.717, 1.165) is 36.4 Å². The highest BCUT2D eigenvalue weighted by Crippen LogP contribution is 2.30. The largest absolute Gasteiger partial charge is 0.459 e. The Kier molecular flexibility index (Phi) is 3.84. The van der Waals surface area contributed by atoms with Crippen molar-refractivity contribution in [1.29, 1.82) is 0 Å². The van der Waals surface area contributed by atoms with Crippen LogP contribution in [0.15, 0.2) is 59.0 Å². The first kappa shape index (κ1) is 12.9. The molecule has 0 radical (unpaired) electrons. The van der Waals surface area contributed by atoms with Crippen LogP contribution in [0.25, 0.3) is 22.1 Å². The highest BCUT2D eigenvalue weighted by molar-refractivity contribution is 5.92. The molecule has 0 atom stereocenters. The van der Waals surface area contributed by atoms with Gasteiger partial charge in [0.2, 0.25) is 0 Å². The van der Waals surface area contributed by atoms with Crippen LogP contribution < -0.4 is 5.32 Å². The molecule has 0 saturated carbocycles. The van der Waals surface area contributed by atoms with Crippen molar-refractivity contribution in [2.75, 3.05) is 6.54 Å². The molecule has 0 aliphatic rings. The molecule has 1 N–H and O–H groups in total. The summed E-state index contributed by atoms with van der Waals surface area (Å²) in [5.41, 5.74) is 3.33. The molecule has 3 aromatic rings. The quantitative estimate of drug-likeness (QED) is 0.682. The lowest BCUT2D eigenvalue weighted by Crippen LogP contribution is -2.12. The van der Waals surface area contributed by atoms with E-state index in [1.807, 2.05) is 6.07 Å². The summed E-state index contributed by atoms with van der Waals surface area (Å²) < 4.78 is 6.04. The molecule has 2 aromatic carbocycles. The lowest BCUT2D eigenvalue weighted by atomic mass is 10.0. The second-order valence-electron chi connectivity index (χ2n) is 4.98. The van der Waals surface area contributed by atoms with Crippen LogP contribution in [0.3, 0.4) is 0 Å². The molecule has 0 aliphatic heterocycles. The maximum Gasteiger partial charge on any atom is 0.142 e. The van der Waals surface area contributed by atoms with Crippen LogP contribution in [0.5, 0.6) is 0 Å². The summed E-state index contributed by atoms with van der Waals surface area (Å²) in [6.45, 7) is 3.97. The number of fused-ring (bicyclic) bond motifs is 1. The number of benzene rings is 2. The Hall–Kier alpha value is -2.06. The molecule has 2 heteroatoms. The van der Waals surface area contributed by atoms with Gasteiger partial charge in [0.05, 0.1) is 6.54 Å². The van der Waals surface area contributed by atoms with E-state index in [9.17, 15) is 0 Å². The van der Waals surface area contributed by atoms with Gasteiger partial charge in [-0.3, -0.25) is 0 Å². The number of nitrogens with one attached hydrogen (secondary N) is 1. The first-order valence-electron chi connectivity index (χ1n) is 7.16. The average molecular weight is 265 g/mol. The summed E-state index contributed by atoms with van der Waals surface area (Å²) in [6.07, 6.45) is 1.13. The molecule has 0 unspecified atom stereocenters. The molecule has 0 amide bonds. The van der Waals surface area contributed by atoms with Gasteiger partial charge in [0.25, 0.3) is 0 Å². The van der Waals surface area contributed by atoms with Crippen LogP contribution >= 0.6 is 0 Å². The van der Waals surface area contributed by atoms with Crippen molar-refractivity contribution in [3.05, 3.63) is 60.4 Å². The van der Waals surface area contributed by atoms with Gasteiger partial charge in [0.1, 0.15) is 11.3 Å². The molecular weight excluding hydrogens is 246 g/mol. The standard InChI is InChI=1S/C18H19NO/c1-2-11-19-13-16-12-15-9-6-10-17(18(15)20-16)14-7-4-3-5-8-14/h3-10,12,19H,2,11,13H2,1H3. The minimum atomic E-state index is 0.788. The minimum absolute atomic E-state index is 0.788. The van der Waals surface area contributed by atoms with Crippen LogP contribution in [0.1, 0.15) is 19.1 Å². The Balaban J connectivity index is 1.97. The zero-order chi connectivity index (χ0) is 13.8. The lowest BCUT2D eigenvalue weighted by Gasteiger charge is -2.02. The third-order valence-electron chi connectivity index (χ3n) is 3.41. The zero-order valence-corrected chi connectivity index (χ0v) is 11.7. The van der Waals surface area contributed by atoms with Gasteiger partial charge < -0.3 is 9.73 Å². The molecule has 0 spiro atoms. The van der Waals surface area contributed by atoms with Gasteiger partial charge >= 0.3 is 0 Å². The predicted octanol–water partition coefficient (Wildman–Crippen LogP) is 4.60. The Morgan fingerprint density at radius 2 is 1.85 bits per heavy atom. The summed E-state index contributed by atoms with van der Waals surface area (Å²) in [5.74, 6) is 0.997. The summed E-state index contributed by atoms with van der Waals surface area (Å²) in [5, 5.41) is 4.54. The highest BCUT2D eigenvalue weighted by Gasteiger charge is 2.09. The minimum Gasteiger partial charge on any atom is -0.459 e. The molecule has 3 rings (SSSR count). The van der Waals surface area contributed by atoms with Crippen LogP contribution in [-0.4, -0.2) is 6.54 Å².